The molecule has 0 unspecified atom stereocenters. The summed E-state index contributed by atoms with van der Waals surface area (Å²) in [5.41, 5.74) is 11.5. The van der Waals surface area contributed by atoms with Crippen LogP contribution < -0.4 is 20.9 Å². The van der Waals surface area contributed by atoms with Gasteiger partial charge in [-0.1, -0.05) is 11.6 Å². The van der Waals surface area contributed by atoms with Gasteiger partial charge >= 0.3 is 0 Å². The molecule has 0 saturated carbocycles. The number of nitrogens with zero attached hydrogens (tertiary/aromatic N) is 1. The topological polar surface area (TPSA) is 100 Å². The third-order valence-corrected chi connectivity index (χ3v) is 2.68. The van der Waals surface area contributed by atoms with Crippen molar-refractivity contribution in [3.8, 4) is 17.4 Å². The molecule has 0 saturated heterocycles. The fourth-order valence-corrected chi connectivity index (χ4v) is 1.65. The lowest BCUT2D eigenvalue weighted by Crippen LogP contribution is -2.11. The van der Waals surface area contributed by atoms with E-state index in [1.807, 2.05) is 0 Å². The molecule has 1 amide bonds. The molecule has 104 valence electrons. The zero-order valence-corrected chi connectivity index (χ0v) is 11.3. The molecule has 4 N–H and O–H groups in total. The number of anilines is 1. The van der Waals surface area contributed by atoms with E-state index in [0.29, 0.717) is 17.2 Å². The Morgan fingerprint density at radius 2 is 1.95 bits per heavy atom. The van der Waals surface area contributed by atoms with Crippen LogP contribution in [0.4, 0.5) is 5.69 Å². The number of primary amides is 1. The van der Waals surface area contributed by atoms with E-state index in [1.54, 1.807) is 18.2 Å². The van der Waals surface area contributed by atoms with Gasteiger partial charge in [-0.25, -0.2) is 0 Å². The van der Waals surface area contributed by atoms with E-state index in [-0.39, 0.29) is 16.6 Å². The van der Waals surface area contributed by atoms with E-state index in [2.05, 4.69) is 4.98 Å². The SMILES string of the molecule is COc1cc(Oc2nc(Cl)ccc2N)cc(C(N)=O)c1. The smallest absolute Gasteiger partial charge is 0.248 e. The molecule has 7 heteroatoms. The lowest BCUT2D eigenvalue weighted by molar-refractivity contribution is 0.0999. The lowest BCUT2D eigenvalue weighted by atomic mass is 10.2. The van der Waals surface area contributed by atoms with Crippen molar-refractivity contribution in [2.45, 2.75) is 0 Å². The molecule has 0 fully saturated rings. The zero-order chi connectivity index (χ0) is 14.7. The van der Waals surface area contributed by atoms with E-state index in [0.717, 1.165) is 0 Å². The molecule has 1 aromatic heterocycles. The molecule has 0 aliphatic rings. The number of amides is 1. The maximum atomic E-state index is 11.2. The second-order valence-electron chi connectivity index (χ2n) is 3.89. The minimum absolute atomic E-state index is 0.140. The molecule has 20 heavy (non-hydrogen) atoms. The number of pyridine rings is 1. The average Bonchev–Trinajstić information content (AvgIpc) is 2.42. The summed E-state index contributed by atoms with van der Waals surface area (Å²) in [7, 11) is 1.47. The lowest BCUT2D eigenvalue weighted by Gasteiger charge is -2.10. The van der Waals surface area contributed by atoms with Gasteiger partial charge in [0.2, 0.25) is 11.8 Å². The van der Waals surface area contributed by atoms with E-state index in [4.69, 9.17) is 32.5 Å². The molecule has 0 spiro atoms. The van der Waals surface area contributed by atoms with Crippen molar-refractivity contribution in [2.24, 2.45) is 5.73 Å². The normalized spacial score (nSPS) is 10.1. The van der Waals surface area contributed by atoms with Crippen molar-refractivity contribution in [2.75, 3.05) is 12.8 Å². The first-order valence-corrected chi connectivity index (χ1v) is 5.96. The van der Waals surface area contributed by atoms with Gasteiger partial charge in [0.25, 0.3) is 0 Å². The molecule has 0 bridgehead atoms. The number of rotatable bonds is 4. The van der Waals surface area contributed by atoms with Crippen molar-refractivity contribution in [3.05, 3.63) is 41.0 Å². The fourth-order valence-electron chi connectivity index (χ4n) is 1.51. The van der Waals surface area contributed by atoms with Gasteiger partial charge in [0, 0.05) is 11.6 Å². The van der Waals surface area contributed by atoms with Gasteiger partial charge < -0.3 is 20.9 Å². The highest BCUT2D eigenvalue weighted by molar-refractivity contribution is 6.29. The molecule has 0 atom stereocenters. The van der Waals surface area contributed by atoms with Crippen LogP contribution in [0.3, 0.4) is 0 Å². The predicted molar refractivity (Wildman–Crippen MR) is 75.2 cm³/mol. The fraction of sp³-hybridized carbons (Fsp3) is 0.0769. The van der Waals surface area contributed by atoms with Crippen LogP contribution in [0.25, 0.3) is 0 Å². The molecule has 1 heterocycles. The third kappa shape index (κ3) is 3.10. The minimum Gasteiger partial charge on any atom is -0.497 e. The number of methoxy groups -OCH3 is 1. The molecular weight excluding hydrogens is 282 g/mol. The summed E-state index contributed by atoms with van der Waals surface area (Å²) < 4.78 is 10.6. The quantitative estimate of drug-likeness (QED) is 0.842. The zero-order valence-electron chi connectivity index (χ0n) is 10.6. The number of benzene rings is 1. The Bertz CT molecular complexity index is 661. The Balaban J connectivity index is 2.39. The van der Waals surface area contributed by atoms with Crippen LogP contribution in [0.1, 0.15) is 10.4 Å². The van der Waals surface area contributed by atoms with Crippen molar-refractivity contribution in [3.63, 3.8) is 0 Å². The van der Waals surface area contributed by atoms with Crippen LogP contribution in [0, 0.1) is 0 Å². The van der Waals surface area contributed by atoms with E-state index in [1.165, 1.54) is 19.2 Å². The Hall–Kier alpha value is -2.47. The van der Waals surface area contributed by atoms with E-state index >= 15 is 0 Å². The summed E-state index contributed by atoms with van der Waals surface area (Å²) in [6, 6.07) is 7.66. The summed E-state index contributed by atoms with van der Waals surface area (Å²) in [6.45, 7) is 0. The standard InChI is InChI=1S/C13H12ClN3O3/c1-19-8-4-7(12(16)18)5-9(6-8)20-13-10(15)2-3-11(14)17-13/h2-6H,15H2,1H3,(H2,16,18). The Labute approximate surface area is 120 Å². The maximum absolute atomic E-state index is 11.2. The number of carbonyl (C=O) groups excluding carboxylic acids is 1. The first-order chi connectivity index (χ1) is 9.49. The summed E-state index contributed by atoms with van der Waals surface area (Å²) >= 11 is 5.78. The third-order valence-electron chi connectivity index (χ3n) is 2.47. The Morgan fingerprint density at radius 3 is 2.60 bits per heavy atom. The van der Waals surface area contributed by atoms with E-state index < -0.39 is 5.91 Å². The Kier molecular flexibility index (Phi) is 3.95. The van der Waals surface area contributed by atoms with Gasteiger partial charge in [0.1, 0.15) is 16.7 Å². The summed E-state index contributed by atoms with van der Waals surface area (Å²) in [5.74, 6) is 0.290. The Morgan fingerprint density at radius 1 is 1.25 bits per heavy atom. The highest BCUT2D eigenvalue weighted by Gasteiger charge is 2.10. The van der Waals surface area contributed by atoms with Crippen LogP contribution in [0.5, 0.6) is 17.4 Å². The van der Waals surface area contributed by atoms with Crippen molar-refractivity contribution in [1.82, 2.24) is 4.98 Å². The van der Waals surface area contributed by atoms with Crippen LogP contribution >= 0.6 is 11.6 Å². The second kappa shape index (κ2) is 5.66. The van der Waals surface area contributed by atoms with Gasteiger partial charge in [-0.15, -0.1) is 0 Å². The van der Waals surface area contributed by atoms with Gasteiger partial charge in [-0.05, 0) is 24.3 Å². The monoisotopic (exact) mass is 293 g/mol. The molecule has 1 aromatic carbocycles. The molecule has 2 rings (SSSR count). The molecule has 2 aromatic rings. The summed E-state index contributed by atoms with van der Waals surface area (Å²) in [5, 5.41) is 0.243. The van der Waals surface area contributed by atoms with Gasteiger partial charge in [-0.3, -0.25) is 4.79 Å². The van der Waals surface area contributed by atoms with Gasteiger partial charge in [0.05, 0.1) is 12.8 Å². The molecule has 0 radical (unpaired) electrons. The molecular formula is C13H12ClN3O3. The highest BCUT2D eigenvalue weighted by atomic mass is 35.5. The van der Waals surface area contributed by atoms with Crippen LogP contribution in [-0.2, 0) is 0 Å². The summed E-state index contributed by atoms with van der Waals surface area (Å²) in [4.78, 5) is 15.2. The minimum atomic E-state index is -0.597. The maximum Gasteiger partial charge on any atom is 0.248 e. The first-order valence-electron chi connectivity index (χ1n) is 5.58. The number of hydrogen-bond acceptors (Lipinski definition) is 5. The molecule has 6 nitrogen and oxygen atoms in total. The number of aromatic nitrogens is 1. The molecule has 0 aliphatic carbocycles. The van der Waals surface area contributed by atoms with Gasteiger partial charge in [-0.2, -0.15) is 4.98 Å². The number of halogens is 1. The van der Waals surface area contributed by atoms with Gasteiger partial charge in [0.15, 0.2) is 0 Å². The average molecular weight is 294 g/mol. The van der Waals surface area contributed by atoms with Crippen molar-refractivity contribution in [1.29, 1.82) is 0 Å². The van der Waals surface area contributed by atoms with Crippen molar-refractivity contribution < 1.29 is 14.3 Å². The first kappa shape index (κ1) is 14.0. The number of nitrogen functional groups attached to an aromatic ring is 1. The van der Waals surface area contributed by atoms with Crippen LogP contribution in [-0.4, -0.2) is 18.0 Å². The number of nitrogens with two attached hydrogens (primary N) is 2. The highest BCUT2D eigenvalue weighted by Crippen LogP contribution is 2.30. The van der Waals surface area contributed by atoms with Crippen LogP contribution in [0.15, 0.2) is 30.3 Å². The number of ether oxygens (including phenoxy) is 2. The predicted octanol–water partition coefficient (Wildman–Crippen LogP) is 2.22. The second-order valence-corrected chi connectivity index (χ2v) is 4.28. The molecule has 0 aliphatic heterocycles. The van der Waals surface area contributed by atoms with Crippen LogP contribution in [0.2, 0.25) is 5.15 Å². The van der Waals surface area contributed by atoms with Crippen molar-refractivity contribution >= 4 is 23.2 Å². The number of hydrogen-bond donors (Lipinski definition) is 2. The van der Waals surface area contributed by atoms with E-state index in [9.17, 15) is 4.79 Å². The summed E-state index contributed by atoms with van der Waals surface area (Å²) in [6.07, 6.45) is 0. The number of carbonyl (C=O) groups is 1. The largest absolute Gasteiger partial charge is 0.497 e.